The van der Waals surface area contributed by atoms with Crippen molar-refractivity contribution >= 4 is 65.3 Å². The van der Waals surface area contributed by atoms with Gasteiger partial charge in [0.1, 0.15) is 0 Å². The van der Waals surface area contributed by atoms with Gasteiger partial charge in [0.15, 0.2) is 0 Å². The quantitative estimate of drug-likeness (QED) is 0.171. The van der Waals surface area contributed by atoms with Crippen LogP contribution in [0.1, 0.15) is 44.6 Å². The Labute approximate surface area is 319 Å². The number of para-hydroxylation sites is 3. The van der Waals surface area contributed by atoms with Gasteiger partial charge >= 0.3 is 0 Å². The van der Waals surface area contributed by atoms with Crippen molar-refractivity contribution in [3.05, 3.63) is 157 Å². The fourth-order valence-electron chi connectivity index (χ4n) is 10.9. The van der Waals surface area contributed by atoms with Crippen molar-refractivity contribution in [2.24, 2.45) is 11.8 Å². The number of rotatable bonds is 4. The van der Waals surface area contributed by atoms with Crippen molar-refractivity contribution in [1.29, 1.82) is 0 Å². The van der Waals surface area contributed by atoms with E-state index in [1.807, 2.05) is 0 Å². The molecule has 3 aromatic heterocycles. The molecule has 2 atom stereocenters. The standard InChI is InChI=1S/C51H40N4/c1-51(30-32-18-19-33(28-32)31-51)36-23-20-35(21-24-36)49-48-38-11-3-2-10-34(38)22-26-43(48)52-50(53-49)55-46-17-9-6-14-41(46)42-29-37(25-27-47(42)55)54-44-15-7-4-12-39(44)40-13-5-8-16-45(40)54/h2-17,20-27,29,32-33H,18-19,28,30-31H2,1H3/t32-,33-/m1/s1. The fourth-order valence-corrected chi connectivity index (χ4v) is 10.9. The zero-order valence-corrected chi connectivity index (χ0v) is 30.9. The van der Waals surface area contributed by atoms with Crippen LogP contribution in [0.4, 0.5) is 0 Å². The van der Waals surface area contributed by atoms with Gasteiger partial charge in [-0.2, -0.15) is 0 Å². The van der Waals surface area contributed by atoms with Crippen molar-refractivity contribution in [3.8, 4) is 22.9 Å². The second-order valence-electron chi connectivity index (χ2n) is 16.6. The summed E-state index contributed by atoms with van der Waals surface area (Å²) in [6.07, 6.45) is 6.86. The number of nitrogens with zero attached hydrogens (tertiary/aromatic N) is 4. The molecule has 0 unspecified atom stereocenters. The molecule has 2 fully saturated rings. The van der Waals surface area contributed by atoms with Crippen LogP contribution in [0.15, 0.2) is 152 Å². The van der Waals surface area contributed by atoms with Crippen LogP contribution < -0.4 is 0 Å². The fraction of sp³-hybridized carbons (Fsp3) is 0.176. The predicted molar refractivity (Wildman–Crippen MR) is 229 cm³/mol. The lowest BCUT2D eigenvalue weighted by Crippen LogP contribution is -2.30. The summed E-state index contributed by atoms with van der Waals surface area (Å²) in [5.41, 5.74) is 10.5. The second-order valence-corrected chi connectivity index (χ2v) is 16.6. The number of aromatic nitrogens is 4. The van der Waals surface area contributed by atoms with Crippen LogP contribution in [0.25, 0.3) is 88.2 Å². The van der Waals surface area contributed by atoms with Crippen molar-refractivity contribution in [3.63, 3.8) is 0 Å². The molecular weight excluding hydrogens is 669 g/mol. The molecule has 12 rings (SSSR count). The molecule has 4 heteroatoms. The first-order valence-electron chi connectivity index (χ1n) is 19.9. The smallest absolute Gasteiger partial charge is 0.235 e. The Morgan fingerprint density at radius 2 is 1.11 bits per heavy atom. The minimum atomic E-state index is 0.245. The Balaban J connectivity index is 1.07. The molecule has 2 aliphatic carbocycles. The largest absolute Gasteiger partial charge is 0.309 e. The molecule has 0 radical (unpaired) electrons. The Hall–Kier alpha value is -6.26. The van der Waals surface area contributed by atoms with Gasteiger partial charge < -0.3 is 4.57 Å². The maximum atomic E-state index is 5.56. The van der Waals surface area contributed by atoms with E-state index in [1.165, 1.54) is 81.0 Å². The number of benzene rings is 7. The molecule has 0 aliphatic heterocycles. The van der Waals surface area contributed by atoms with Crippen molar-refractivity contribution in [1.82, 2.24) is 19.1 Å². The van der Waals surface area contributed by atoms with Gasteiger partial charge in [0.05, 0.1) is 33.3 Å². The van der Waals surface area contributed by atoms with E-state index in [1.54, 1.807) is 0 Å². The van der Waals surface area contributed by atoms with E-state index in [4.69, 9.17) is 9.97 Å². The minimum Gasteiger partial charge on any atom is -0.309 e. The van der Waals surface area contributed by atoms with E-state index in [-0.39, 0.29) is 5.41 Å². The Kier molecular flexibility index (Phi) is 6.58. The molecule has 0 saturated heterocycles. The van der Waals surface area contributed by atoms with Crippen LogP contribution in [-0.4, -0.2) is 19.1 Å². The molecule has 264 valence electrons. The summed E-state index contributed by atoms with van der Waals surface area (Å²) in [7, 11) is 0. The molecule has 10 aromatic rings. The van der Waals surface area contributed by atoms with E-state index in [9.17, 15) is 0 Å². The lowest BCUT2D eigenvalue weighted by molar-refractivity contribution is 0.232. The highest BCUT2D eigenvalue weighted by Gasteiger charge is 2.41. The Morgan fingerprint density at radius 1 is 0.527 bits per heavy atom. The molecule has 7 aromatic carbocycles. The van der Waals surface area contributed by atoms with Crippen LogP contribution in [0.3, 0.4) is 0 Å². The molecule has 3 heterocycles. The van der Waals surface area contributed by atoms with Gasteiger partial charge in [-0.3, -0.25) is 4.57 Å². The zero-order valence-electron chi connectivity index (χ0n) is 30.9. The van der Waals surface area contributed by atoms with Gasteiger partial charge in [0.2, 0.25) is 5.95 Å². The molecule has 0 amide bonds. The Morgan fingerprint density at radius 3 is 1.80 bits per heavy atom. The number of hydrogen-bond acceptors (Lipinski definition) is 2. The predicted octanol–water partition coefficient (Wildman–Crippen LogP) is 13.1. The summed E-state index contributed by atoms with van der Waals surface area (Å²) < 4.78 is 4.67. The number of fused-ring (bicyclic) bond motifs is 11. The second kappa shape index (κ2) is 11.6. The zero-order chi connectivity index (χ0) is 36.3. The molecule has 55 heavy (non-hydrogen) atoms. The third-order valence-corrected chi connectivity index (χ3v) is 13.3. The molecule has 2 bridgehead atoms. The summed E-state index contributed by atoms with van der Waals surface area (Å²) >= 11 is 0. The third kappa shape index (κ3) is 4.64. The van der Waals surface area contributed by atoms with Gasteiger partial charge in [0.25, 0.3) is 0 Å². The van der Waals surface area contributed by atoms with E-state index in [0.717, 1.165) is 50.7 Å². The molecule has 0 N–H and O–H groups in total. The first kappa shape index (κ1) is 31.1. The van der Waals surface area contributed by atoms with E-state index < -0.39 is 0 Å². The molecule has 4 nitrogen and oxygen atoms in total. The molecule has 2 saturated carbocycles. The highest BCUT2D eigenvalue weighted by molar-refractivity contribution is 6.14. The summed E-state index contributed by atoms with van der Waals surface area (Å²) in [6.45, 7) is 2.51. The van der Waals surface area contributed by atoms with Gasteiger partial charge in [-0.05, 0) is 95.3 Å². The molecule has 0 spiro atoms. The van der Waals surface area contributed by atoms with Crippen LogP contribution in [0.2, 0.25) is 0 Å². The van der Waals surface area contributed by atoms with Gasteiger partial charge in [0, 0.05) is 38.2 Å². The SMILES string of the molecule is CC1(c2ccc(-c3nc(-n4c5ccccc5c5cc(-n6c7ccccc7c7ccccc76)ccc54)nc4ccc5ccccc5c34)cc2)C[C@@H]2CC[C@H](C2)C1. The summed E-state index contributed by atoms with van der Waals surface area (Å²) in [4.78, 5) is 10.9. The average Bonchev–Trinajstić information content (AvgIpc) is 3.88. The van der Waals surface area contributed by atoms with Gasteiger partial charge in [-0.25, -0.2) is 9.97 Å². The summed E-state index contributed by atoms with van der Waals surface area (Å²) in [5.74, 6) is 2.45. The van der Waals surface area contributed by atoms with Crippen LogP contribution >= 0.6 is 0 Å². The Bertz CT molecular complexity index is 3100. The first-order valence-corrected chi connectivity index (χ1v) is 19.9. The lowest BCUT2D eigenvalue weighted by atomic mass is 9.66. The highest BCUT2D eigenvalue weighted by Crippen LogP contribution is 2.52. The summed E-state index contributed by atoms with van der Waals surface area (Å²) in [5, 5.41) is 8.37. The monoisotopic (exact) mass is 708 g/mol. The third-order valence-electron chi connectivity index (χ3n) is 13.3. The van der Waals surface area contributed by atoms with E-state index in [2.05, 4.69) is 168 Å². The van der Waals surface area contributed by atoms with E-state index >= 15 is 0 Å². The van der Waals surface area contributed by atoms with E-state index in [0.29, 0.717) is 5.95 Å². The minimum absolute atomic E-state index is 0.245. The topological polar surface area (TPSA) is 35.6 Å². The van der Waals surface area contributed by atoms with Crippen LogP contribution in [0.5, 0.6) is 0 Å². The normalized spacial score (nSPS) is 19.8. The van der Waals surface area contributed by atoms with Crippen LogP contribution in [-0.2, 0) is 5.41 Å². The average molecular weight is 709 g/mol. The highest BCUT2D eigenvalue weighted by atomic mass is 15.2. The van der Waals surface area contributed by atoms with Crippen molar-refractivity contribution < 1.29 is 0 Å². The number of hydrogen-bond donors (Lipinski definition) is 0. The van der Waals surface area contributed by atoms with Crippen molar-refractivity contribution in [2.75, 3.05) is 0 Å². The van der Waals surface area contributed by atoms with Gasteiger partial charge in [-0.15, -0.1) is 0 Å². The molecule has 2 aliphatic rings. The van der Waals surface area contributed by atoms with Crippen LogP contribution in [0, 0.1) is 11.8 Å². The van der Waals surface area contributed by atoms with Gasteiger partial charge in [-0.1, -0.05) is 129 Å². The molecular formula is C51H40N4. The lowest BCUT2D eigenvalue weighted by Gasteiger charge is -2.38. The first-order chi connectivity index (χ1) is 27.1. The maximum Gasteiger partial charge on any atom is 0.235 e. The summed E-state index contributed by atoms with van der Waals surface area (Å²) in [6, 6.07) is 55.5. The van der Waals surface area contributed by atoms with Crippen molar-refractivity contribution in [2.45, 2.75) is 44.4 Å². The maximum absolute atomic E-state index is 5.56.